The first-order chi connectivity index (χ1) is 8.25. The van der Waals surface area contributed by atoms with Crippen LogP contribution in [0.5, 0.6) is 5.75 Å². The van der Waals surface area contributed by atoms with E-state index < -0.39 is 0 Å². The van der Waals surface area contributed by atoms with Gasteiger partial charge in [-0.25, -0.2) is 0 Å². The Morgan fingerprint density at radius 3 is 2.94 bits per heavy atom. The van der Waals surface area contributed by atoms with Gasteiger partial charge in [0.2, 0.25) is 0 Å². The monoisotopic (exact) mass is 290 g/mol. The van der Waals surface area contributed by atoms with Gasteiger partial charge >= 0.3 is 0 Å². The van der Waals surface area contributed by atoms with Crippen molar-refractivity contribution < 1.29 is 5.11 Å². The summed E-state index contributed by atoms with van der Waals surface area (Å²) in [6.07, 6.45) is 13.8. The molecule has 1 aliphatic carbocycles. The molecule has 2 heteroatoms. The first kappa shape index (κ1) is 12.2. The molecule has 0 amide bonds. The largest absolute Gasteiger partial charge is 0.508 e. The number of halogens is 1. The first-order valence-electron chi connectivity index (χ1n) is 5.76. The molecule has 2 rings (SSSR count). The SMILES string of the molecule is Oc1ccc(Br)cc1C/C=C/C1=CCCC=C1. The van der Waals surface area contributed by atoms with Gasteiger partial charge in [0.25, 0.3) is 0 Å². The molecule has 0 fully saturated rings. The molecule has 0 radical (unpaired) electrons. The zero-order valence-electron chi connectivity index (χ0n) is 9.57. The van der Waals surface area contributed by atoms with Gasteiger partial charge < -0.3 is 5.11 Å². The smallest absolute Gasteiger partial charge is 0.119 e. The molecule has 1 N–H and O–H groups in total. The summed E-state index contributed by atoms with van der Waals surface area (Å²) in [4.78, 5) is 0. The maximum absolute atomic E-state index is 9.69. The summed E-state index contributed by atoms with van der Waals surface area (Å²) in [6.45, 7) is 0. The van der Waals surface area contributed by atoms with Crippen LogP contribution in [0.1, 0.15) is 18.4 Å². The Kier molecular flexibility index (Phi) is 4.21. The van der Waals surface area contributed by atoms with Gasteiger partial charge in [0.1, 0.15) is 5.75 Å². The maximum atomic E-state index is 9.69. The number of benzene rings is 1. The van der Waals surface area contributed by atoms with Gasteiger partial charge in [-0.3, -0.25) is 0 Å². The lowest BCUT2D eigenvalue weighted by atomic mass is 10.1. The minimum Gasteiger partial charge on any atom is -0.508 e. The number of aromatic hydroxyl groups is 1. The molecular weight excluding hydrogens is 276 g/mol. The van der Waals surface area contributed by atoms with Crippen LogP contribution in [0.15, 0.2) is 58.6 Å². The van der Waals surface area contributed by atoms with Crippen molar-refractivity contribution in [2.45, 2.75) is 19.3 Å². The molecule has 17 heavy (non-hydrogen) atoms. The molecule has 0 unspecified atom stereocenters. The van der Waals surface area contributed by atoms with Crippen LogP contribution in [-0.2, 0) is 6.42 Å². The second-order valence-electron chi connectivity index (χ2n) is 4.06. The van der Waals surface area contributed by atoms with E-state index in [4.69, 9.17) is 0 Å². The van der Waals surface area contributed by atoms with Gasteiger partial charge in [0, 0.05) is 4.47 Å². The molecule has 0 aliphatic heterocycles. The van der Waals surface area contributed by atoms with E-state index in [0.29, 0.717) is 5.75 Å². The van der Waals surface area contributed by atoms with E-state index >= 15 is 0 Å². The molecule has 1 nitrogen and oxygen atoms in total. The molecule has 0 spiro atoms. The van der Waals surface area contributed by atoms with E-state index in [9.17, 15) is 5.11 Å². The highest BCUT2D eigenvalue weighted by Gasteiger charge is 1.99. The zero-order chi connectivity index (χ0) is 12.1. The van der Waals surface area contributed by atoms with Crippen LogP contribution >= 0.6 is 15.9 Å². The molecule has 88 valence electrons. The van der Waals surface area contributed by atoms with Crippen LogP contribution < -0.4 is 0 Å². The van der Waals surface area contributed by atoms with Crippen molar-refractivity contribution in [3.63, 3.8) is 0 Å². The fraction of sp³-hybridized carbons (Fsp3) is 0.200. The van der Waals surface area contributed by atoms with Crippen LogP contribution in [0.25, 0.3) is 0 Å². The van der Waals surface area contributed by atoms with Gasteiger partial charge in [-0.05, 0) is 48.6 Å². The standard InChI is InChI=1S/C15H15BrO/c16-14-9-10-15(17)13(11-14)8-4-7-12-5-2-1-3-6-12/h2,4-7,9-11,17H,1,3,8H2/b7-4+. The Morgan fingerprint density at radius 2 is 2.18 bits per heavy atom. The molecule has 0 heterocycles. The lowest BCUT2D eigenvalue weighted by Crippen LogP contribution is -1.84. The molecule has 0 atom stereocenters. The molecule has 1 aromatic rings. The van der Waals surface area contributed by atoms with Crippen LogP contribution in [0.4, 0.5) is 0 Å². The third-order valence-electron chi connectivity index (χ3n) is 2.71. The number of allylic oxidation sites excluding steroid dienone is 6. The van der Waals surface area contributed by atoms with Crippen LogP contribution in [0.3, 0.4) is 0 Å². The average Bonchev–Trinajstić information content (AvgIpc) is 2.35. The van der Waals surface area contributed by atoms with Crippen LogP contribution in [-0.4, -0.2) is 5.11 Å². The van der Waals surface area contributed by atoms with Gasteiger partial charge in [-0.2, -0.15) is 0 Å². The minimum atomic E-state index is 0.353. The van der Waals surface area contributed by atoms with E-state index in [1.54, 1.807) is 6.07 Å². The second kappa shape index (κ2) is 5.87. The lowest BCUT2D eigenvalue weighted by Gasteiger charge is -2.03. The van der Waals surface area contributed by atoms with Crippen molar-refractivity contribution in [1.82, 2.24) is 0 Å². The highest BCUT2D eigenvalue weighted by Crippen LogP contribution is 2.22. The summed E-state index contributed by atoms with van der Waals surface area (Å²) in [7, 11) is 0. The van der Waals surface area contributed by atoms with Crippen molar-refractivity contribution in [1.29, 1.82) is 0 Å². The molecule has 0 bridgehead atoms. The third kappa shape index (κ3) is 3.60. The maximum Gasteiger partial charge on any atom is 0.119 e. The van der Waals surface area contributed by atoms with Gasteiger partial charge in [0.15, 0.2) is 0 Å². The Morgan fingerprint density at radius 1 is 1.29 bits per heavy atom. The number of hydrogen-bond donors (Lipinski definition) is 1. The van der Waals surface area contributed by atoms with E-state index in [-0.39, 0.29) is 0 Å². The van der Waals surface area contributed by atoms with Crippen molar-refractivity contribution in [3.8, 4) is 5.75 Å². The first-order valence-corrected chi connectivity index (χ1v) is 6.55. The van der Waals surface area contributed by atoms with E-state index in [2.05, 4.69) is 46.3 Å². The average molecular weight is 291 g/mol. The van der Waals surface area contributed by atoms with Crippen LogP contribution in [0.2, 0.25) is 0 Å². The molecular formula is C15H15BrO. The fourth-order valence-electron chi connectivity index (χ4n) is 1.80. The van der Waals surface area contributed by atoms with Gasteiger partial charge in [0.05, 0.1) is 0 Å². The summed E-state index contributed by atoms with van der Waals surface area (Å²) >= 11 is 3.41. The van der Waals surface area contributed by atoms with Crippen LogP contribution in [0, 0.1) is 0 Å². The Hall–Kier alpha value is -1.28. The topological polar surface area (TPSA) is 20.2 Å². The summed E-state index contributed by atoms with van der Waals surface area (Å²) < 4.78 is 0.996. The number of hydrogen-bond acceptors (Lipinski definition) is 1. The van der Waals surface area contributed by atoms with Crippen molar-refractivity contribution >= 4 is 15.9 Å². The van der Waals surface area contributed by atoms with Gasteiger partial charge in [-0.15, -0.1) is 0 Å². The van der Waals surface area contributed by atoms with Crippen molar-refractivity contribution in [2.75, 3.05) is 0 Å². The highest BCUT2D eigenvalue weighted by atomic mass is 79.9. The second-order valence-corrected chi connectivity index (χ2v) is 4.98. The quantitative estimate of drug-likeness (QED) is 0.867. The summed E-state index contributed by atoms with van der Waals surface area (Å²) in [6, 6.07) is 5.51. The molecule has 1 aliphatic rings. The van der Waals surface area contributed by atoms with Gasteiger partial charge in [-0.1, -0.05) is 46.3 Å². The third-order valence-corrected chi connectivity index (χ3v) is 3.21. The number of phenols is 1. The predicted octanol–water partition coefficient (Wildman–Crippen LogP) is 4.53. The fourth-order valence-corrected chi connectivity index (χ4v) is 2.21. The number of rotatable bonds is 3. The highest BCUT2D eigenvalue weighted by molar-refractivity contribution is 9.10. The number of phenolic OH excluding ortho intramolecular Hbond substituents is 1. The summed E-state index contributed by atoms with van der Waals surface area (Å²) in [5.74, 6) is 0.353. The van der Waals surface area contributed by atoms with Crippen molar-refractivity contribution in [2.24, 2.45) is 0 Å². The predicted molar refractivity (Wildman–Crippen MR) is 75.1 cm³/mol. The summed E-state index contributed by atoms with van der Waals surface area (Å²) in [5.41, 5.74) is 2.20. The Balaban J connectivity index is 2.02. The molecule has 0 saturated carbocycles. The normalized spacial score (nSPS) is 15.2. The minimum absolute atomic E-state index is 0.353. The summed E-state index contributed by atoms with van der Waals surface area (Å²) in [5, 5.41) is 9.69. The molecule has 0 aromatic heterocycles. The van der Waals surface area contributed by atoms with E-state index in [1.165, 1.54) is 5.57 Å². The Bertz CT molecular complexity index is 484. The van der Waals surface area contributed by atoms with Crippen molar-refractivity contribution in [3.05, 3.63) is 64.2 Å². The molecule has 1 aromatic carbocycles. The Labute approximate surface area is 110 Å². The van der Waals surface area contributed by atoms with E-state index in [0.717, 1.165) is 29.3 Å². The lowest BCUT2D eigenvalue weighted by molar-refractivity contribution is 0.469. The zero-order valence-corrected chi connectivity index (χ0v) is 11.2. The van der Waals surface area contributed by atoms with E-state index in [1.807, 2.05) is 12.1 Å². The molecule has 0 saturated heterocycles.